The average molecular weight is 423 g/mol. The molecule has 0 saturated heterocycles. The zero-order chi connectivity index (χ0) is 22.4. The number of benzene rings is 2. The molecule has 8 heteroatoms. The monoisotopic (exact) mass is 423 g/mol. The Kier molecular flexibility index (Phi) is 7.15. The van der Waals surface area contributed by atoms with Crippen molar-refractivity contribution in [3.8, 4) is 0 Å². The molecule has 0 saturated carbocycles. The van der Waals surface area contributed by atoms with E-state index in [4.69, 9.17) is 4.74 Å². The van der Waals surface area contributed by atoms with Gasteiger partial charge in [-0.15, -0.1) is 0 Å². The van der Waals surface area contributed by atoms with Crippen LogP contribution in [0.15, 0.2) is 59.4 Å². The summed E-state index contributed by atoms with van der Waals surface area (Å²) in [6.07, 6.45) is 0. The lowest BCUT2D eigenvalue weighted by Gasteiger charge is -2.26. The van der Waals surface area contributed by atoms with Gasteiger partial charge in [-0.2, -0.15) is 5.10 Å². The molecule has 31 heavy (non-hydrogen) atoms. The van der Waals surface area contributed by atoms with Gasteiger partial charge in [0.05, 0.1) is 18.5 Å². The third-order valence-corrected chi connectivity index (χ3v) is 4.84. The number of carbonyl (C=O) groups excluding carboxylic acids is 2. The number of aliphatic hydroxyl groups is 1. The molecule has 0 fully saturated rings. The van der Waals surface area contributed by atoms with Crippen molar-refractivity contribution in [3.05, 3.63) is 76.2 Å². The minimum atomic E-state index is -0.806. The third-order valence-electron chi connectivity index (χ3n) is 4.84. The minimum absolute atomic E-state index is 0.0545. The molecule has 0 unspecified atom stereocenters. The molecular formula is C23H25N3O5. The van der Waals surface area contributed by atoms with Crippen LogP contribution in [-0.2, 0) is 22.6 Å². The Bertz CT molecular complexity index is 1130. The first-order valence-electron chi connectivity index (χ1n) is 10.0. The standard InChI is InChI=1S/C23H25N3O5/c1-16(2)25(14-17-8-4-3-5-9-17)20(28)15-31-23(30)21-18-10-6-7-11-19(18)22(29)26(24-21)12-13-27/h3-11,16,27H,12-15H2,1-2H3. The molecule has 0 bridgehead atoms. The highest BCUT2D eigenvalue weighted by molar-refractivity contribution is 6.02. The number of carbonyl (C=O) groups is 2. The fourth-order valence-corrected chi connectivity index (χ4v) is 3.25. The molecule has 1 heterocycles. The van der Waals surface area contributed by atoms with Crippen molar-refractivity contribution in [2.45, 2.75) is 33.0 Å². The van der Waals surface area contributed by atoms with Crippen molar-refractivity contribution in [3.63, 3.8) is 0 Å². The summed E-state index contributed by atoms with van der Waals surface area (Å²) >= 11 is 0. The Balaban J connectivity index is 1.79. The number of aliphatic hydroxyl groups excluding tert-OH is 1. The summed E-state index contributed by atoms with van der Waals surface area (Å²) in [7, 11) is 0. The van der Waals surface area contributed by atoms with E-state index in [-0.39, 0.29) is 36.2 Å². The number of esters is 1. The lowest BCUT2D eigenvalue weighted by Crippen LogP contribution is -2.39. The molecule has 1 aromatic heterocycles. The predicted octanol–water partition coefficient (Wildman–Crippen LogP) is 1.98. The van der Waals surface area contributed by atoms with Gasteiger partial charge < -0.3 is 14.7 Å². The predicted molar refractivity (Wildman–Crippen MR) is 115 cm³/mol. The van der Waals surface area contributed by atoms with Crippen LogP contribution in [0.5, 0.6) is 0 Å². The van der Waals surface area contributed by atoms with Crippen LogP contribution < -0.4 is 5.56 Å². The van der Waals surface area contributed by atoms with Gasteiger partial charge in [-0.1, -0.05) is 48.5 Å². The fourth-order valence-electron chi connectivity index (χ4n) is 3.25. The number of ether oxygens (including phenoxy) is 1. The second-order valence-electron chi connectivity index (χ2n) is 7.32. The zero-order valence-electron chi connectivity index (χ0n) is 17.5. The summed E-state index contributed by atoms with van der Waals surface area (Å²) in [5, 5.41) is 13.9. The Morgan fingerprint density at radius 3 is 2.35 bits per heavy atom. The van der Waals surface area contributed by atoms with Gasteiger partial charge in [-0.3, -0.25) is 9.59 Å². The highest BCUT2D eigenvalue weighted by Gasteiger charge is 2.22. The average Bonchev–Trinajstić information content (AvgIpc) is 2.78. The molecule has 0 aliphatic heterocycles. The molecule has 0 radical (unpaired) electrons. The molecule has 1 amide bonds. The fraction of sp³-hybridized carbons (Fsp3) is 0.304. The second kappa shape index (κ2) is 9.99. The largest absolute Gasteiger partial charge is 0.451 e. The van der Waals surface area contributed by atoms with E-state index in [0.717, 1.165) is 10.2 Å². The van der Waals surface area contributed by atoms with Crippen molar-refractivity contribution in [2.75, 3.05) is 13.2 Å². The van der Waals surface area contributed by atoms with E-state index in [1.54, 1.807) is 29.2 Å². The topological polar surface area (TPSA) is 102 Å². The van der Waals surface area contributed by atoms with E-state index in [0.29, 0.717) is 11.9 Å². The van der Waals surface area contributed by atoms with Gasteiger partial charge in [0.25, 0.3) is 11.5 Å². The SMILES string of the molecule is CC(C)N(Cc1ccccc1)C(=O)COC(=O)c1nn(CCO)c(=O)c2ccccc12. The molecule has 8 nitrogen and oxygen atoms in total. The number of nitrogens with zero attached hydrogens (tertiary/aromatic N) is 3. The van der Waals surface area contributed by atoms with Crippen molar-refractivity contribution in [1.29, 1.82) is 0 Å². The van der Waals surface area contributed by atoms with E-state index >= 15 is 0 Å². The number of amides is 1. The first-order valence-corrected chi connectivity index (χ1v) is 10.0. The number of aromatic nitrogens is 2. The van der Waals surface area contributed by atoms with Crippen LogP contribution >= 0.6 is 0 Å². The normalized spacial score (nSPS) is 11.0. The Labute approximate surface area is 179 Å². The van der Waals surface area contributed by atoms with Crippen LogP contribution in [-0.4, -0.2) is 50.9 Å². The van der Waals surface area contributed by atoms with E-state index < -0.39 is 18.1 Å². The molecule has 162 valence electrons. The molecule has 0 spiro atoms. The molecule has 3 aromatic rings. The van der Waals surface area contributed by atoms with Gasteiger partial charge in [-0.25, -0.2) is 9.48 Å². The summed E-state index contributed by atoms with van der Waals surface area (Å²) in [5.41, 5.74) is 0.487. The number of hydrogen-bond donors (Lipinski definition) is 1. The van der Waals surface area contributed by atoms with Crippen molar-refractivity contribution in [1.82, 2.24) is 14.7 Å². The number of fused-ring (bicyclic) bond motifs is 1. The minimum Gasteiger partial charge on any atom is -0.451 e. The van der Waals surface area contributed by atoms with Gasteiger partial charge in [0.15, 0.2) is 12.3 Å². The van der Waals surface area contributed by atoms with Crippen LogP contribution in [0.25, 0.3) is 10.8 Å². The summed E-state index contributed by atoms with van der Waals surface area (Å²) in [4.78, 5) is 39.6. The summed E-state index contributed by atoms with van der Waals surface area (Å²) in [6, 6.07) is 16.0. The molecular weight excluding hydrogens is 398 g/mol. The van der Waals surface area contributed by atoms with Crippen LogP contribution in [0.3, 0.4) is 0 Å². The van der Waals surface area contributed by atoms with Gasteiger partial charge >= 0.3 is 5.97 Å². The molecule has 1 N–H and O–H groups in total. The van der Waals surface area contributed by atoms with Gasteiger partial charge in [-0.05, 0) is 25.5 Å². The molecule has 0 aliphatic carbocycles. The maximum Gasteiger partial charge on any atom is 0.359 e. The summed E-state index contributed by atoms with van der Waals surface area (Å²) < 4.78 is 6.29. The first-order chi connectivity index (χ1) is 14.9. The first kappa shape index (κ1) is 22.2. The van der Waals surface area contributed by atoms with Crippen molar-refractivity contribution >= 4 is 22.6 Å². The molecule has 2 aromatic carbocycles. The number of rotatable bonds is 8. The van der Waals surface area contributed by atoms with Crippen LogP contribution in [0.4, 0.5) is 0 Å². The Hall–Kier alpha value is -3.52. The lowest BCUT2D eigenvalue weighted by atomic mass is 10.1. The lowest BCUT2D eigenvalue weighted by molar-refractivity contribution is -0.136. The van der Waals surface area contributed by atoms with Crippen LogP contribution in [0.2, 0.25) is 0 Å². The van der Waals surface area contributed by atoms with Gasteiger partial charge in [0.2, 0.25) is 0 Å². The maximum atomic E-state index is 12.8. The van der Waals surface area contributed by atoms with E-state index in [2.05, 4.69) is 5.10 Å². The quantitative estimate of drug-likeness (QED) is 0.556. The summed E-state index contributed by atoms with van der Waals surface area (Å²) in [5.74, 6) is -1.14. The van der Waals surface area contributed by atoms with Gasteiger partial charge in [0, 0.05) is 18.0 Å². The molecule has 0 aliphatic rings. The van der Waals surface area contributed by atoms with Crippen LogP contribution in [0.1, 0.15) is 29.9 Å². The van der Waals surface area contributed by atoms with E-state index in [1.165, 1.54) is 0 Å². The third kappa shape index (κ3) is 5.16. The van der Waals surface area contributed by atoms with E-state index in [9.17, 15) is 19.5 Å². The van der Waals surface area contributed by atoms with Crippen molar-refractivity contribution < 1.29 is 19.4 Å². The molecule has 3 rings (SSSR count). The van der Waals surface area contributed by atoms with Crippen LogP contribution in [0, 0.1) is 0 Å². The summed E-state index contributed by atoms with van der Waals surface area (Å²) in [6.45, 7) is 3.38. The smallest absolute Gasteiger partial charge is 0.359 e. The zero-order valence-corrected chi connectivity index (χ0v) is 17.5. The number of hydrogen-bond acceptors (Lipinski definition) is 6. The Morgan fingerprint density at radius 2 is 1.71 bits per heavy atom. The Morgan fingerprint density at radius 1 is 1.06 bits per heavy atom. The highest BCUT2D eigenvalue weighted by Crippen LogP contribution is 2.15. The van der Waals surface area contributed by atoms with Gasteiger partial charge in [0.1, 0.15) is 0 Å². The maximum absolute atomic E-state index is 12.8. The second-order valence-corrected chi connectivity index (χ2v) is 7.32. The van der Waals surface area contributed by atoms with Crippen molar-refractivity contribution in [2.24, 2.45) is 0 Å². The van der Waals surface area contributed by atoms with E-state index in [1.807, 2.05) is 44.2 Å². The molecule has 0 atom stereocenters. The highest BCUT2D eigenvalue weighted by atomic mass is 16.5.